The summed E-state index contributed by atoms with van der Waals surface area (Å²) in [6.45, 7) is 7.45. The van der Waals surface area contributed by atoms with Gasteiger partial charge in [-0.2, -0.15) is 0 Å². The monoisotopic (exact) mass is 329 g/mol. The molecule has 1 aromatic heterocycles. The third-order valence-electron chi connectivity index (χ3n) is 3.77. The van der Waals surface area contributed by atoms with Crippen molar-refractivity contribution in [3.63, 3.8) is 0 Å². The molecule has 0 fully saturated rings. The second kappa shape index (κ2) is 7.86. The van der Waals surface area contributed by atoms with Crippen LogP contribution in [0.1, 0.15) is 48.4 Å². The zero-order valence-electron chi connectivity index (χ0n) is 14.5. The Morgan fingerprint density at radius 2 is 1.83 bits per heavy atom. The van der Waals surface area contributed by atoms with Crippen LogP contribution in [-0.4, -0.2) is 34.5 Å². The molecule has 1 heterocycles. The number of benzene rings is 1. The molecule has 1 atom stereocenters. The second-order valence-electron chi connectivity index (χ2n) is 5.93. The van der Waals surface area contributed by atoms with Crippen molar-refractivity contribution in [3.05, 3.63) is 35.2 Å². The lowest BCUT2D eigenvalue weighted by atomic mass is 10.2. The van der Waals surface area contributed by atoms with E-state index in [2.05, 4.69) is 22.2 Å². The van der Waals surface area contributed by atoms with E-state index >= 15 is 0 Å². The highest BCUT2D eigenvalue weighted by Crippen LogP contribution is 2.15. The minimum Gasteiger partial charge on any atom is -0.452 e. The van der Waals surface area contributed by atoms with Crippen molar-refractivity contribution < 1.29 is 14.3 Å². The number of fused-ring (bicyclic) bond motifs is 1. The molecule has 0 aliphatic heterocycles. The molecule has 1 amide bonds. The third-order valence-corrected chi connectivity index (χ3v) is 3.77. The molecule has 0 aliphatic carbocycles. The molecule has 1 aromatic carbocycles. The fourth-order valence-electron chi connectivity index (χ4n) is 2.39. The Balaban J connectivity index is 2.01. The molecule has 128 valence electrons. The Morgan fingerprint density at radius 3 is 2.50 bits per heavy atom. The summed E-state index contributed by atoms with van der Waals surface area (Å²) in [5.74, 6) is -0.841. The van der Waals surface area contributed by atoms with Crippen LogP contribution in [0.3, 0.4) is 0 Å². The van der Waals surface area contributed by atoms with Gasteiger partial charge in [-0.25, -0.2) is 14.8 Å². The molecule has 0 bridgehead atoms. The molecule has 2 aromatic rings. The Morgan fingerprint density at radius 1 is 1.17 bits per heavy atom. The molecule has 1 unspecified atom stereocenters. The summed E-state index contributed by atoms with van der Waals surface area (Å²) in [5, 5.41) is 2.79. The highest BCUT2D eigenvalue weighted by atomic mass is 16.5. The minimum atomic E-state index is -0.546. The quantitative estimate of drug-likeness (QED) is 0.824. The van der Waals surface area contributed by atoms with Crippen molar-refractivity contribution in [1.29, 1.82) is 0 Å². The molecule has 24 heavy (non-hydrogen) atoms. The summed E-state index contributed by atoms with van der Waals surface area (Å²) < 4.78 is 5.07. The largest absolute Gasteiger partial charge is 0.452 e. The SMILES string of the molecule is CCCC(C)NC(=O)COC(=O)c1ccc2nc(C)c(C)nc2c1. The average molecular weight is 329 g/mol. The van der Waals surface area contributed by atoms with E-state index in [9.17, 15) is 9.59 Å². The number of rotatable bonds is 6. The van der Waals surface area contributed by atoms with Crippen LogP contribution in [-0.2, 0) is 9.53 Å². The smallest absolute Gasteiger partial charge is 0.338 e. The Bertz CT molecular complexity index is 759. The lowest BCUT2D eigenvalue weighted by Gasteiger charge is -2.12. The van der Waals surface area contributed by atoms with E-state index in [1.54, 1.807) is 18.2 Å². The van der Waals surface area contributed by atoms with Gasteiger partial charge in [0.1, 0.15) is 0 Å². The van der Waals surface area contributed by atoms with Gasteiger partial charge < -0.3 is 10.1 Å². The van der Waals surface area contributed by atoms with Crippen LogP contribution in [0, 0.1) is 13.8 Å². The van der Waals surface area contributed by atoms with E-state index in [0.29, 0.717) is 11.1 Å². The first-order chi connectivity index (χ1) is 11.4. The number of esters is 1. The predicted octanol–water partition coefficient (Wildman–Crippen LogP) is 2.71. The number of aromatic nitrogens is 2. The van der Waals surface area contributed by atoms with Crippen LogP contribution in [0.4, 0.5) is 0 Å². The van der Waals surface area contributed by atoms with Gasteiger partial charge >= 0.3 is 5.97 Å². The Kier molecular flexibility index (Phi) is 5.84. The summed E-state index contributed by atoms with van der Waals surface area (Å²) >= 11 is 0. The number of nitrogens with one attached hydrogen (secondary N) is 1. The Hall–Kier alpha value is -2.50. The third kappa shape index (κ3) is 4.50. The van der Waals surface area contributed by atoms with E-state index in [4.69, 9.17) is 4.74 Å². The summed E-state index contributed by atoms with van der Waals surface area (Å²) in [4.78, 5) is 32.7. The molecule has 6 nitrogen and oxygen atoms in total. The molecule has 0 spiro atoms. The normalized spacial score (nSPS) is 12.0. The first kappa shape index (κ1) is 17.8. The number of hydrogen-bond acceptors (Lipinski definition) is 5. The molecule has 2 rings (SSSR count). The number of nitrogens with zero attached hydrogens (tertiary/aromatic N) is 2. The predicted molar refractivity (Wildman–Crippen MR) is 91.8 cm³/mol. The van der Waals surface area contributed by atoms with Gasteiger partial charge in [0.2, 0.25) is 0 Å². The van der Waals surface area contributed by atoms with Crippen molar-refractivity contribution >= 4 is 22.9 Å². The van der Waals surface area contributed by atoms with Crippen LogP contribution in [0.5, 0.6) is 0 Å². The number of aryl methyl sites for hydroxylation is 2. The average Bonchev–Trinajstić information content (AvgIpc) is 2.53. The summed E-state index contributed by atoms with van der Waals surface area (Å²) in [6.07, 6.45) is 1.88. The maximum atomic E-state index is 12.1. The second-order valence-corrected chi connectivity index (χ2v) is 5.93. The summed E-state index contributed by atoms with van der Waals surface area (Å²) in [6, 6.07) is 5.07. The first-order valence-electron chi connectivity index (χ1n) is 8.12. The van der Waals surface area contributed by atoms with E-state index in [1.165, 1.54) is 0 Å². The van der Waals surface area contributed by atoms with Gasteiger partial charge in [-0.1, -0.05) is 13.3 Å². The van der Waals surface area contributed by atoms with Crippen molar-refractivity contribution in [2.24, 2.45) is 0 Å². The van der Waals surface area contributed by atoms with Crippen molar-refractivity contribution in [2.75, 3.05) is 6.61 Å². The molecule has 6 heteroatoms. The highest BCUT2D eigenvalue weighted by molar-refractivity contribution is 5.94. The molecular weight excluding hydrogens is 306 g/mol. The van der Waals surface area contributed by atoms with Crippen LogP contribution in [0.15, 0.2) is 18.2 Å². The topological polar surface area (TPSA) is 81.2 Å². The van der Waals surface area contributed by atoms with Crippen LogP contribution < -0.4 is 5.32 Å². The van der Waals surface area contributed by atoms with E-state index in [-0.39, 0.29) is 18.6 Å². The fraction of sp³-hybridized carbons (Fsp3) is 0.444. The molecular formula is C18H23N3O3. The summed E-state index contributed by atoms with van der Waals surface area (Å²) in [7, 11) is 0. The zero-order valence-corrected chi connectivity index (χ0v) is 14.5. The van der Waals surface area contributed by atoms with Gasteiger partial charge in [0, 0.05) is 6.04 Å². The molecule has 0 saturated heterocycles. The molecule has 0 aliphatic rings. The van der Waals surface area contributed by atoms with Gasteiger partial charge in [0.25, 0.3) is 5.91 Å². The molecule has 0 saturated carbocycles. The highest BCUT2D eigenvalue weighted by Gasteiger charge is 2.13. The fourth-order valence-corrected chi connectivity index (χ4v) is 2.39. The number of ether oxygens (including phenoxy) is 1. The van der Waals surface area contributed by atoms with Crippen LogP contribution >= 0.6 is 0 Å². The van der Waals surface area contributed by atoms with E-state index < -0.39 is 5.97 Å². The van der Waals surface area contributed by atoms with E-state index in [0.717, 1.165) is 29.7 Å². The summed E-state index contributed by atoms with van der Waals surface area (Å²) in [5.41, 5.74) is 3.39. The lowest BCUT2D eigenvalue weighted by molar-refractivity contribution is -0.124. The van der Waals surface area contributed by atoms with Gasteiger partial charge in [-0.3, -0.25) is 4.79 Å². The lowest BCUT2D eigenvalue weighted by Crippen LogP contribution is -2.35. The van der Waals surface area contributed by atoms with Gasteiger partial charge in [0.15, 0.2) is 6.61 Å². The standard InChI is InChI=1S/C18H23N3O3/c1-5-6-11(2)19-17(22)10-24-18(23)14-7-8-15-16(9-14)21-13(4)12(3)20-15/h7-9,11H,5-6,10H2,1-4H3,(H,19,22). The maximum Gasteiger partial charge on any atom is 0.338 e. The number of carbonyl (C=O) groups is 2. The van der Waals surface area contributed by atoms with Crippen LogP contribution in [0.2, 0.25) is 0 Å². The number of carbonyl (C=O) groups excluding carboxylic acids is 2. The number of amides is 1. The van der Waals surface area contributed by atoms with E-state index in [1.807, 2.05) is 20.8 Å². The minimum absolute atomic E-state index is 0.0726. The number of hydrogen-bond donors (Lipinski definition) is 1. The van der Waals surface area contributed by atoms with Crippen LogP contribution in [0.25, 0.3) is 11.0 Å². The molecule has 1 N–H and O–H groups in total. The van der Waals surface area contributed by atoms with Gasteiger partial charge in [0.05, 0.1) is 28.0 Å². The van der Waals surface area contributed by atoms with Gasteiger partial charge in [-0.15, -0.1) is 0 Å². The van der Waals surface area contributed by atoms with Gasteiger partial charge in [-0.05, 0) is 45.4 Å². The van der Waals surface area contributed by atoms with Crippen molar-refractivity contribution in [3.8, 4) is 0 Å². The molecule has 0 radical (unpaired) electrons. The van der Waals surface area contributed by atoms with Crippen molar-refractivity contribution in [1.82, 2.24) is 15.3 Å². The Labute approximate surface area is 141 Å². The maximum absolute atomic E-state index is 12.1. The first-order valence-corrected chi connectivity index (χ1v) is 8.12. The van der Waals surface area contributed by atoms with Crippen molar-refractivity contribution in [2.45, 2.75) is 46.6 Å². The zero-order chi connectivity index (χ0) is 17.7.